The minimum absolute atomic E-state index is 0.0700. The van der Waals surface area contributed by atoms with Crippen molar-refractivity contribution in [2.24, 2.45) is 0 Å². The van der Waals surface area contributed by atoms with E-state index in [0.717, 1.165) is 37.4 Å². The summed E-state index contributed by atoms with van der Waals surface area (Å²) in [6.45, 7) is 2.16. The molecule has 6 heteroatoms. The number of carbonyl (C=O) groups is 1. The van der Waals surface area contributed by atoms with Gasteiger partial charge < -0.3 is 5.32 Å². The Morgan fingerprint density at radius 1 is 1.12 bits per heavy atom. The van der Waals surface area contributed by atoms with Gasteiger partial charge in [-0.1, -0.05) is 36.4 Å². The molecule has 1 aliphatic heterocycles. The molecule has 1 unspecified atom stereocenters. The molecule has 4 rings (SSSR count). The van der Waals surface area contributed by atoms with Crippen LogP contribution in [0.3, 0.4) is 0 Å². The number of nitrogens with one attached hydrogen (secondary N) is 1. The number of carbonyl (C=O) groups excluding carboxylic acids is 1. The maximum Gasteiger partial charge on any atom is 0.237 e. The summed E-state index contributed by atoms with van der Waals surface area (Å²) in [4.78, 5) is 14.9. The summed E-state index contributed by atoms with van der Waals surface area (Å²) >= 11 is 0. The zero-order valence-corrected chi connectivity index (χ0v) is 14.0. The summed E-state index contributed by atoms with van der Waals surface area (Å²) in [5.74, 6) is 0.817. The first-order valence-electron chi connectivity index (χ1n) is 8.65. The topological polar surface area (TPSA) is 62.5 Å². The second-order valence-corrected chi connectivity index (χ2v) is 6.38. The van der Waals surface area contributed by atoms with E-state index < -0.39 is 0 Å². The molecule has 1 fully saturated rings. The SMILES string of the molecule is O=C(NCc1nnc2ccccn12)C1CCCN1Cc1ccccc1. The van der Waals surface area contributed by atoms with Crippen molar-refractivity contribution in [3.05, 3.63) is 66.1 Å². The number of rotatable bonds is 5. The van der Waals surface area contributed by atoms with Crippen molar-refractivity contribution in [2.45, 2.75) is 32.0 Å². The van der Waals surface area contributed by atoms with E-state index in [1.165, 1.54) is 5.56 Å². The van der Waals surface area contributed by atoms with Gasteiger partial charge in [-0.25, -0.2) is 0 Å². The van der Waals surface area contributed by atoms with Gasteiger partial charge in [-0.3, -0.25) is 14.1 Å². The molecule has 0 radical (unpaired) electrons. The van der Waals surface area contributed by atoms with E-state index in [9.17, 15) is 4.79 Å². The number of likely N-dealkylation sites (tertiary alicyclic amines) is 1. The number of amides is 1. The quantitative estimate of drug-likeness (QED) is 0.775. The summed E-state index contributed by atoms with van der Waals surface area (Å²) in [6, 6.07) is 16.0. The van der Waals surface area contributed by atoms with Gasteiger partial charge in [-0.2, -0.15) is 0 Å². The van der Waals surface area contributed by atoms with Crippen LogP contribution in [0.25, 0.3) is 5.65 Å². The van der Waals surface area contributed by atoms with E-state index in [1.54, 1.807) is 0 Å². The smallest absolute Gasteiger partial charge is 0.237 e. The third-order valence-corrected chi connectivity index (χ3v) is 4.70. The number of nitrogens with zero attached hydrogens (tertiary/aromatic N) is 4. The lowest BCUT2D eigenvalue weighted by molar-refractivity contribution is -0.125. The summed E-state index contributed by atoms with van der Waals surface area (Å²) in [6.07, 6.45) is 3.87. The van der Waals surface area contributed by atoms with Crippen LogP contribution >= 0.6 is 0 Å². The van der Waals surface area contributed by atoms with Gasteiger partial charge in [0.25, 0.3) is 0 Å². The first-order valence-corrected chi connectivity index (χ1v) is 8.65. The van der Waals surface area contributed by atoms with Gasteiger partial charge in [0, 0.05) is 12.7 Å². The average Bonchev–Trinajstić information content (AvgIpc) is 3.27. The zero-order valence-electron chi connectivity index (χ0n) is 14.0. The molecule has 128 valence electrons. The molecule has 1 saturated heterocycles. The Morgan fingerprint density at radius 2 is 1.96 bits per heavy atom. The molecule has 0 saturated carbocycles. The van der Waals surface area contributed by atoms with Crippen LogP contribution in [0.4, 0.5) is 0 Å². The van der Waals surface area contributed by atoms with E-state index in [0.29, 0.717) is 6.54 Å². The Morgan fingerprint density at radius 3 is 2.84 bits per heavy atom. The molecule has 0 aliphatic carbocycles. The highest BCUT2D eigenvalue weighted by atomic mass is 16.2. The third kappa shape index (κ3) is 3.39. The fourth-order valence-electron chi connectivity index (χ4n) is 3.43. The number of hydrogen-bond donors (Lipinski definition) is 1. The van der Waals surface area contributed by atoms with Crippen LogP contribution in [0, 0.1) is 0 Å². The Bertz CT molecular complexity index is 860. The zero-order chi connectivity index (χ0) is 17.1. The first-order chi connectivity index (χ1) is 12.3. The second kappa shape index (κ2) is 7.03. The highest BCUT2D eigenvalue weighted by Crippen LogP contribution is 2.20. The second-order valence-electron chi connectivity index (χ2n) is 6.38. The van der Waals surface area contributed by atoms with Gasteiger partial charge in [0.2, 0.25) is 5.91 Å². The Labute approximate surface area is 146 Å². The summed E-state index contributed by atoms with van der Waals surface area (Å²) in [5.41, 5.74) is 2.03. The maximum atomic E-state index is 12.7. The molecule has 3 heterocycles. The molecule has 1 atom stereocenters. The number of pyridine rings is 1. The van der Waals surface area contributed by atoms with Gasteiger partial charge in [0.1, 0.15) is 0 Å². The number of aromatic nitrogens is 3. The number of hydrogen-bond acceptors (Lipinski definition) is 4. The molecule has 2 aromatic heterocycles. The molecular formula is C19H21N5O. The van der Waals surface area contributed by atoms with Crippen LogP contribution in [-0.4, -0.2) is 38.0 Å². The van der Waals surface area contributed by atoms with Gasteiger partial charge in [0.05, 0.1) is 12.6 Å². The molecule has 1 N–H and O–H groups in total. The molecule has 1 aliphatic rings. The summed E-state index contributed by atoms with van der Waals surface area (Å²) in [5, 5.41) is 11.3. The van der Waals surface area contributed by atoms with Crippen LogP contribution < -0.4 is 5.32 Å². The van der Waals surface area contributed by atoms with Crippen LogP contribution in [0.15, 0.2) is 54.7 Å². The van der Waals surface area contributed by atoms with Crippen molar-refractivity contribution in [3.8, 4) is 0 Å². The predicted octanol–water partition coefficient (Wildman–Crippen LogP) is 2.01. The highest BCUT2D eigenvalue weighted by Gasteiger charge is 2.30. The van der Waals surface area contributed by atoms with Crippen LogP contribution in [0.1, 0.15) is 24.2 Å². The first kappa shape index (κ1) is 15.8. The molecule has 3 aromatic rings. The van der Waals surface area contributed by atoms with E-state index in [2.05, 4.69) is 32.5 Å². The van der Waals surface area contributed by atoms with Gasteiger partial charge >= 0.3 is 0 Å². The van der Waals surface area contributed by atoms with E-state index in [4.69, 9.17) is 0 Å². The van der Waals surface area contributed by atoms with Gasteiger partial charge in [-0.15, -0.1) is 10.2 Å². The molecule has 0 spiro atoms. The fourth-order valence-corrected chi connectivity index (χ4v) is 3.43. The van der Waals surface area contributed by atoms with Crippen molar-refractivity contribution in [2.75, 3.05) is 6.54 Å². The standard InChI is InChI=1S/C19H21N5O/c25-19(20-13-18-22-21-17-10-4-5-12-24(17)18)16-9-6-11-23(16)14-15-7-2-1-3-8-15/h1-5,7-8,10,12,16H,6,9,11,13-14H2,(H,20,25). The minimum atomic E-state index is -0.0700. The van der Waals surface area contributed by atoms with Crippen molar-refractivity contribution in [1.82, 2.24) is 24.8 Å². The van der Waals surface area contributed by atoms with Crippen molar-refractivity contribution in [3.63, 3.8) is 0 Å². The Kier molecular flexibility index (Phi) is 4.43. The summed E-state index contributed by atoms with van der Waals surface area (Å²) < 4.78 is 1.90. The number of benzene rings is 1. The molecule has 0 bridgehead atoms. The van der Waals surface area contributed by atoms with E-state index in [-0.39, 0.29) is 11.9 Å². The monoisotopic (exact) mass is 335 g/mol. The molecule has 25 heavy (non-hydrogen) atoms. The average molecular weight is 335 g/mol. The highest BCUT2D eigenvalue weighted by molar-refractivity contribution is 5.82. The molecule has 1 aromatic carbocycles. The lowest BCUT2D eigenvalue weighted by Gasteiger charge is -2.23. The maximum absolute atomic E-state index is 12.7. The largest absolute Gasteiger partial charge is 0.347 e. The van der Waals surface area contributed by atoms with Crippen LogP contribution in [0.5, 0.6) is 0 Å². The number of fused-ring (bicyclic) bond motifs is 1. The van der Waals surface area contributed by atoms with Crippen LogP contribution in [0.2, 0.25) is 0 Å². The van der Waals surface area contributed by atoms with Gasteiger partial charge in [0.15, 0.2) is 11.5 Å². The minimum Gasteiger partial charge on any atom is -0.347 e. The van der Waals surface area contributed by atoms with Crippen molar-refractivity contribution in [1.29, 1.82) is 0 Å². The third-order valence-electron chi connectivity index (χ3n) is 4.70. The van der Waals surface area contributed by atoms with Gasteiger partial charge in [-0.05, 0) is 37.1 Å². The van der Waals surface area contributed by atoms with E-state index >= 15 is 0 Å². The van der Waals surface area contributed by atoms with Crippen molar-refractivity contribution < 1.29 is 4.79 Å². The van der Waals surface area contributed by atoms with E-state index in [1.807, 2.05) is 47.0 Å². The fraction of sp³-hybridized carbons (Fsp3) is 0.316. The predicted molar refractivity (Wildman–Crippen MR) is 94.7 cm³/mol. The molecular weight excluding hydrogens is 314 g/mol. The Hall–Kier alpha value is -2.73. The van der Waals surface area contributed by atoms with Crippen LogP contribution in [-0.2, 0) is 17.9 Å². The Balaban J connectivity index is 1.40. The lowest BCUT2D eigenvalue weighted by Crippen LogP contribution is -2.42. The molecule has 1 amide bonds. The summed E-state index contributed by atoms with van der Waals surface area (Å²) in [7, 11) is 0. The van der Waals surface area contributed by atoms with Crippen molar-refractivity contribution >= 4 is 11.6 Å². The normalized spacial score (nSPS) is 17.8. The lowest BCUT2D eigenvalue weighted by atomic mass is 10.1. The molecule has 6 nitrogen and oxygen atoms in total.